The maximum Gasteiger partial charge on any atom is 0.417 e. The SMILES string of the molecule is Cc1cc(C(F)(F)F)c(C(=O)c2cc(O)c(O)c([N+](=O)[O-])c2)c(C)[n+]1[O-]. The van der Waals surface area contributed by atoms with Gasteiger partial charge in [0.25, 0.3) is 0 Å². The number of phenols is 2. The van der Waals surface area contributed by atoms with Crippen LogP contribution < -0.4 is 4.73 Å². The first-order valence-corrected chi connectivity index (χ1v) is 6.92. The molecule has 2 N–H and O–H groups in total. The Morgan fingerprint density at radius 1 is 1.19 bits per heavy atom. The van der Waals surface area contributed by atoms with Crippen molar-refractivity contribution in [1.29, 1.82) is 0 Å². The molecule has 0 atom stereocenters. The third kappa shape index (κ3) is 3.10. The number of rotatable bonds is 3. The van der Waals surface area contributed by atoms with Crippen LogP contribution in [-0.2, 0) is 6.18 Å². The summed E-state index contributed by atoms with van der Waals surface area (Å²) in [5, 5.41) is 41.7. The number of hydrogen-bond donors (Lipinski definition) is 2. The highest BCUT2D eigenvalue weighted by molar-refractivity contribution is 6.11. The van der Waals surface area contributed by atoms with Crippen LogP contribution in [0.3, 0.4) is 0 Å². The van der Waals surface area contributed by atoms with Crippen LogP contribution in [0.15, 0.2) is 18.2 Å². The summed E-state index contributed by atoms with van der Waals surface area (Å²) >= 11 is 0. The Morgan fingerprint density at radius 3 is 2.27 bits per heavy atom. The summed E-state index contributed by atoms with van der Waals surface area (Å²) in [5.41, 5.74) is -5.01. The first-order valence-electron chi connectivity index (χ1n) is 6.92. The highest BCUT2D eigenvalue weighted by Gasteiger charge is 2.40. The lowest BCUT2D eigenvalue weighted by Crippen LogP contribution is -2.37. The van der Waals surface area contributed by atoms with E-state index >= 15 is 0 Å². The molecule has 1 aromatic heterocycles. The minimum atomic E-state index is -4.97. The molecule has 0 aliphatic carbocycles. The van der Waals surface area contributed by atoms with Crippen LogP contribution in [0, 0.1) is 29.2 Å². The normalized spacial score (nSPS) is 11.4. The molecule has 0 radical (unpaired) electrons. The summed E-state index contributed by atoms with van der Waals surface area (Å²) in [6.07, 6.45) is -4.97. The van der Waals surface area contributed by atoms with Crippen molar-refractivity contribution in [2.75, 3.05) is 0 Å². The van der Waals surface area contributed by atoms with E-state index in [2.05, 4.69) is 0 Å². The largest absolute Gasteiger partial charge is 0.618 e. The monoisotopic (exact) mass is 372 g/mol. The van der Waals surface area contributed by atoms with E-state index in [9.17, 15) is 43.5 Å². The molecule has 1 heterocycles. The zero-order chi connectivity index (χ0) is 20.0. The van der Waals surface area contributed by atoms with Gasteiger partial charge < -0.3 is 15.4 Å². The van der Waals surface area contributed by atoms with E-state index in [0.717, 1.165) is 13.8 Å². The second kappa shape index (κ2) is 6.17. The maximum atomic E-state index is 13.3. The standard InChI is InChI=1S/C15H11F3N2O6/c1-6-3-9(15(16,17)18)12(7(2)19(6)24)13(22)8-4-10(20(25)26)14(23)11(21)5-8/h3-5,21,23H,1-2H3. The van der Waals surface area contributed by atoms with Crippen molar-refractivity contribution in [3.63, 3.8) is 0 Å². The topological polar surface area (TPSA) is 128 Å². The smallest absolute Gasteiger partial charge is 0.417 e. The summed E-state index contributed by atoms with van der Waals surface area (Å²) in [6, 6.07) is 1.59. The van der Waals surface area contributed by atoms with Gasteiger partial charge >= 0.3 is 11.9 Å². The number of hydrogen-bond acceptors (Lipinski definition) is 6. The fraction of sp³-hybridized carbons (Fsp3) is 0.200. The minimum absolute atomic E-state index is 0.122. The summed E-state index contributed by atoms with van der Waals surface area (Å²) in [6.45, 7) is 2.12. The zero-order valence-corrected chi connectivity index (χ0v) is 13.3. The van der Waals surface area contributed by atoms with Gasteiger partial charge in [0, 0.05) is 31.5 Å². The van der Waals surface area contributed by atoms with E-state index in [-0.39, 0.29) is 10.4 Å². The Balaban J connectivity index is 2.80. The zero-order valence-electron chi connectivity index (χ0n) is 13.3. The molecule has 0 aliphatic heterocycles. The van der Waals surface area contributed by atoms with E-state index in [0.29, 0.717) is 18.2 Å². The van der Waals surface area contributed by atoms with E-state index in [4.69, 9.17) is 0 Å². The maximum absolute atomic E-state index is 13.3. The van der Waals surface area contributed by atoms with Crippen molar-refractivity contribution in [2.24, 2.45) is 0 Å². The fourth-order valence-electron chi connectivity index (χ4n) is 2.43. The van der Waals surface area contributed by atoms with Crippen molar-refractivity contribution in [1.82, 2.24) is 0 Å². The Hall–Kier alpha value is -3.37. The molecule has 0 amide bonds. The van der Waals surface area contributed by atoms with Crippen LogP contribution >= 0.6 is 0 Å². The van der Waals surface area contributed by atoms with E-state index in [1.807, 2.05) is 0 Å². The fourth-order valence-corrected chi connectivity index (χ4v) is 2.43. The lowest BCUT2D eigenvalue weighted by Gasteiger charge is -2.16. The number of aryl methyl sites for hydroxylation is 1. The summed E-state index contributed by atoms with van der Waals surface area (Å²) < 4.78 is 40.0. The lowest BCUT2D eigenvalue weighted by molar-refractivity contribution is -0.619. The van der Waals surface area contributed by atoms with Gasteiger partial charge in [-0.05, 0) is 6.07 Å². The second-order valence-corrected chi connectivity index (χ2v) is 5.40. The summed E-state index contributed by atoms with van der Waals surface area (Å²) in [5.74, 6) is -3.56. The molecule has 138 valence electrons. The van der Waals surface area contributed by atoms with Crippen molar-refractivity contribution < 1.29 is 37.8 Å². The number of carbonyl (C=O) groups is 1. The third-order valence-electron chi connectivity index (χ3n) is 3.67. The predicted molar refractivity (Wildman–Crippen MR) is 79.7 cm³/mol. The van der Waals surface area contributed by atoms with Gasteiger partial charge in [0.1, 0.15) is 5.56 Å². The van der Waals surface area contributed by atoms with Crippen molar-refractivity contribution >= 4 is 11.5 Å². The number of pyridine rings is 1. The number of carbonyl (C=O) groups excluding carboxylic acids is 1. The van der Waals surface area contributed by atoms with E-state index < -0.39 is 56.5 Å². The molecule has 0 spiro atoms. The van der Waals surface area contributed by atoms with Crippen molar-refractivity contribution in [3.8, 4) is 11.5 Å². The van der Waals surface area contributed by atoms with Crippen LogP contribution in [0.2, 0.25) is 0 Å². The number of ketones is 1. The number of phenolic OH excluding ortho intramolecular Hbond substituents is 2. The number of alkyl halides is 3. The number of nitro groups is 1. The Morgan fingerprint density at radius 2 is 1.77 bits per heavy atom. The number of aromatic nitrogens is 1. The quantitative estimate of drug-likeness (QED) is 0.213. The molecule has 0 saturated carbocycles. The van der Waals surface area contributed by atoms with Crippen LogP contribution in [0.4, 0.5) is 18.9 Å². The minimum Gasteiger partial charge on any atom is -0.618 e. The molecule has 0 saturated heterocycles. The van der Waals surface area contributed by atoms with Gasteiger partial charge in [-0.3, -0.25) is 14.9 Å². The molecule has 0 aliphatic rings. The molecular formula is C15H11F3N2O6. The summed E-state index contributed by atoms with van der Waals surface area (Å²) in [4.78, 5) is 22.3. The van der Waals surface area contributed by atoms with Crippen LogP contribution in [-0.4, -0.2) is 20.9 Å². The number of aromatic hydroxyl groups is 2. The molecule has 26 heavy (non-hydrogen) atoms. The van der Waals surface area contributed by atoms with Crippen LogP contribution in [0.1, 0.15) is 32.9 Å². The molecule has 1 aromatic carbocycles. The Kier molecular flexibility index (Phi) is 4.50. The average Bonchev–Trinajstić information content (AvgIpc) is 2.52. The predicted octanol–water partition coefficient (Wildman–Crippen LogP) is 2.51. The van der Waals surface area contributed by atoms with Gasteiger partial charge in [-0.25, -0.2) is 0 Å². The first kappa shape index (κ1) is 19.0. The molecule has 2 rings (SSSR count). The second-order valence-electron chi connectivity index (χ2n) is 5.40. The Bertz CT molecular complexity index is 940. The van der Waals surface area contributed by atoms with Crippen LogP contribution in [0.5, 0.6) is 11.5 Å². The van der Waals surface area contributed by atoms with Crippen molar-refractivity contribution in [2.45, 2.75) is 20.0 Å². The van der Waals surface area contributed by atoms with Gasteiger partial charge in [-0.2, -0.15) is 17.9 Å². The number of benzene rings is 1. The number of nitrogens with zero attached hydrogens (tertiary/aromatic N) is 2. The molecule has 0 unspecified atom stereocenters. The highest BCUT2D eigenvalue weighted by Crippen LogP contribution is 2.38. The number of nitro benzene ring substituents is 1. The molecule has 0 bridgehead atoms. The van der Waals surface area contributed by atoms with Crippen LogP contribution in [0.25, 0.3) is 0 Å². The molecule has 8 nitrogen and oxygen atoms in total. The number of halogens is 3. The first-order chi connectivity index (χ1) is 11.9. The Labute approximate surface area is 143 Å². The van der Waals surface area contributed by atoms with Gasteiger partial charge in [-0.15, -0.1) is 0 Å². The lowest BCUT2D eigenvalue weighted by atomic mass is 9.95. The van der Waals surface area contributed by atoms with Gasteiger partial charge in [0.05, 0.1) is 10.5 Å². The van der Waals surface area contributed by atoms with Gasteiger partial charge in [-0.1, -0.05) is 0 Å². The third-order valence-corrected chi connectivity index (χ3v) is 3.67. The highest BCUT2D eigenvalue weighted by atomic mass is 19.4. The molecule has 0 fully saturated rings. The van der Waals surface area contributed by atoms with Crippen molar-refractivity contribution in [3.05, 3.63) is 61.6 Å². The van der Waals surface area contributed by atoms with E-state index in [1.54, 1.807) is 0 Å². The molecular weight excluding hydrogens is 361 g/mol. The molecule has 11 heteroatoms. The average molecular weight is 372 g/mol. The summed E-state index contributed by atoms with van der Waals surface area (Å²) in [7, 11) is 0. The van der Waals surface area contributed by atoms with Gasteiger partial charge in [0.15, 0.2) is 17.2 Å². The molecule has 2 aromatic rings. The van der Waals surface area contributed by atoms with E-state index in [1.165, 1.54) is 0 Å². The van der Waals surface area contributed by atoms with Gasteiger partial charge in [0.2, 0.25) is 11.4 Å².